The van der Waals surface area contributed by atoms with Crippen molar-refractivity contribution in [1.82, 2.24) is 5.32 Å². The SMILES string of the molecule is CC[C@H]1CC[C@](NC(=O)c2ccc(OC)c(OC(C)=O)c2)(C(=O)OC)CC1. The Bertz CT molecular complexity index is 706. The molecule has 1 N–H and O–H groups in total. The summed E-state index contributed by atoms with van der Waals surface area (Å²) in [5.74, 6) is -0.330. The number of benzene rings is 1. The van der Waals surface area contributed by atoms with Crippen molar-refractivity contribution in [3.63, 3.8) is 0 Å². The molecule has 1 aromatic carbocycles. The second-order valence-electron chi connectivity index (χ2n) is 6.84. The molecule has 1 aliphatic carbocycles. The molecule has 0 heterocycles. The number of carbonyl (C=O) groups excluding carboxylic acids is 3. The average Bonchev–Trinajstić information content (AvgIpc) is 2.67. The zero-order valence-electron chi connectivity index (χ0n) is 16.3. The molecule has 0 atom stereocenters. The summed E-state index contributed by atoms with van der Waals surface area (Å²) in [5.41, 5.74) is -0.757. The molecule has 1 saturated carbocycles. The van der Waals surface area contributed by atoms with Gasteiger partial charge in [0.05, 0.1) is 14.2 Å². The smallest absolute Gasteiger partial charge is 0.331 e. The normalized spacial score (nSPS) is 21.9. The van der Waals surface area contributed by atoms with E-state index < -0.39 is 23.4 Å². The molecule has 7 heteroatoms. The number of esters is 2. The minimum atomic E-state index is -1.03. The van der Waals surface area contributed by atoms with Crippen LogP contribution in [0.2, 0.25) is 0 Å². The molecule has 0 aromatic heterocycles. The summed E-state index contributed by atoms with van der Waals surface area (Å²) >= 11 is 0. The highest BCUT2D eigenvalue weighted by Gasteiger charge is 2.44. The Hall–Kier alpha value is -2.57. The number of hydrogen-bond donors (Lipinski definition) is 1. The van der Waals surface area contributed by atoms with Crippen molar-refractivity contribution in [3.8, 4) is 11.5 Å². The lowest BCUT2D eigenvalue weighted by molar-refractivity contribution is -0.150. The Morgan fingerprint density at radius 2 is 1.81 bits per heavy atom. The molecule has 2 rings (SSSR count). The van der Waals surface area contributed by atoms with E-state index in [1.165, 1.54) is 27.2 Å². The molecule has 0 saturated heterocycles. The first-order chi connectivity index (χ1) is 12.8. The maximum Gasteiger partial charge on any atom is 0.331 e. The third-order valence-corrected chi connectivity index (χ3v) is 5.14. The fourth-order valence-corrected chi connectivity index (χ4v) is 3.50. The predicted molar refractivity (Wildman–Crippen MR) is 98.8 cm³/mol. The van der Waals surface area contributed by atoms with Gasteiger partial charge in [-0.25, -0.2) is 4.79 Å². The van der Waals surface area contributed by atoms with E-state index >= 15 is 0 Å². The summed E-state index contributed by atoms with van der Waals surface area (Å²) in [5, 5.41) is 2.87. The number of nitrogens with one attached hydrogen (secondary N) is 1. The number of hydrogen-bond acceptors (Lipinski definition) is 6. The van der Waals surface area contributed by atoms with Gasteiger partial charge in [0, 0.05) is 12.5 Å². The van der Waals surface area contributed by atoms with Gasteiger partial charge in [0.25, 0.3) is 5.91 Å². The Morgan fingerprint density at radius 3 is 2.33 bits per heavy atom. The molecule has 1 aromatic rings. The molecule has 1 amide bonds. The monoisotopic (exact) mass is 377 g/mol. The highest BCUT2D eigenvalue weighted by Crippen LogP contribution is 2.35. The van der Waals surface area contributed by atoms with Crippen LogP contribution in [-0.4, -0.2) is 37.6 Å². The van der Waals surface area contributed by atoms with Crippen LogP contribution in [0.5, 0.6) is 11.5 Å². The quantitative estimate of drug-likeness (QED) is 0.605. The van der Waals surface area contributed by atoms with Gasteiger partial charge in [-0.15, -0.1) is 0 Å². The molecule has 1 fully saturated rings. The maximum atomic E-state index is 12.8. The zero-order chi connectivity index (χ0) is 20.0. The van der Waals surface area contributed by atoms with Crippen LogP contribution in [0.3, 0.4) is 0 Å². The van der Waals surface area contributed by atoms with Crippen LogP contribution in [0.4, 0.5) is 0 Å². The van der Waals surface area contributed by atoms with Crippen molar-refractivity contribution in [2.45, 2.75) is 51.5 Å². The first-order valence-corrected chi connectivity index (χ1v) is 9.12. The van der Waals surface area contributed by atoms with Crippen LogP contribution >= 0.6 is 0 Å². The third-order valence-electron chi connectivity index (χ3n) is 5.14. The fraction of sp³-hybridized carbons (Fsp3) is 0.550. The lowest BCUT2D eigenvalue weighted by Crippen LogP contribution is -2.56. The van der Waals surface area contributed by atoms with Crippen molar-refractivity contribution in [3.05, 3.63) is 23.8 Å². The molecule has 0 unspecified atom stereocenters. The molecule has 0 aliphatic heterocycles. The summed E-state index contributed by atoms with van der Waals surface area (Å²) < 4.78 is 15.2. The van der Waals surface area contributed by atoms with Gasteiger partial charge in [0.2, 0.25) is 0 Å². The lowest BCUT2D eigenvalue weighted by atomic mass is 9.75. The van der Waals surface area contributed by atoms with E-state index in [2.05, 4.69) is 12.2 Å². The van der Waals surface area contributed by atoms with Crippen molar-refractivity contribution >= 4 is 17.8 Å². The van der Waals surface area contributed by atoms with Crippen LogP contribution in [0, 0.1) is 5.92 Å². The first kappa shape index (κ1) is 20.7. The van der Waals surface area contributed by atoms with Gasteiger partial charge in [0.1, 0.15) is 5.54 Å². The minimum absolute atomic E-state index is 0.152. The second-order valence-corrected chi connectivity index (χ2v) is 6.84. The van der Waals surface area contributed by atoms with Gasteiger partial charge in [0.15, 0.2) is 11.5 Å². The Morgan fingerprint density at radius 1 is 1.15 bits per heavy atom. The van der Waals surface area contributed by atoms with Gasteiger partial charge in [-0.2, -0.15) is 0 Å². The van der Waals surface area contributed by atoms with Crippen molar-refractivity contribution in [1.29, 1.82) is 0 Å². The largest absolute Gasteiger partial charge is 0.493 e. The zero-order valence-corrected chi connectivity index (χ0v) is 16.3. The number of methoxy groups -OCH3 is 2. The van der Waals surface area contributed by atoms with Crippen LogP contribution in [0.1, 0.15) is 56.3 Å². The highest BCUT2D eigenvalue weighted by atomic mass is 16.6. The summed E-state index contributed by atoms with van der Waals surface area (Å²) in [6.07, 6.45) is 3.84. The van der Waals surface area contributed by atoms with E-state index in [-0.39, 0.29) is 11.3 Å². The number of carbonyl (C=O) groups is 3. The topological polar surface area (TPSA) is 90.9 Å². The highest BCUT2D eigenvalue weighted by molar-refractivity contribution is 5.98. The van der Waals surface area contributed by atoms with Crippen molar-refractivity contribution in [2.75, 3.05) is 14.2 Å². The van der Waals surface area contributed by atoms with E-state index in [1.807, 2.05) is 0 Å². The molecule has 0 spiro atoms. The molecule has 0 radical (unpaired) electrons. The van der Waals surface area contributed by atoms with Crippen LogP contribution in [0.25, 0.3) is 0 Å². The first-order valence-electron chi connectivity index (χ1n) is 9.12. The Balaban J connectivity index is 2.25. The molecule has 148 valence electrons. The van der Waals surface area contributed by atoms with Gasteiger partial charge in [-0.05, 0) is 49.8 Å². The van der Waals surface area contributed by atoms with E-state index in [0.29, 0.717) is 24.5 Å². The third kappa shape index (κ3) is 4.78. The minimum Gasteiger partial charge on any atom is -0.493 e. The lowest BCUT2D eigenvalue weighted by Gasteiger charge is -2.38. The number of amides is 1. The molecule has 0 bridgehead atoms. The van der Waals surface area contributed by atoms with Crippen LogP contribution in [0.15, 0.2) is 18.2 Å². The number of rotatable bonds is 6. The van der Waals surface area contributed by atoms with Crippen molar-refractivity contribution < 1.29 is 28.6 Å². The molecular weight excluding hydrogens is 350 g/mol. The fourth-order valence-electron chi connectivity index (χ4n) is 3.50. The molecule has 27 heavy (non-hydrogen) atoms. The predicted octanol–water partition coefficient (Wildman–Crippen LogP) is 2.86. The summed E-state index contributed by atoms with van der Waals surface area (Å²) in [4.78, 5) is 36.5. The molecule has 7 nitrogen and oxygen atoms in total. The van der Waals surface area contributed by atoms with Crippen LogP contribution < -0.4 is 14.8 Å². The summed E-state index contributed by atoms with van der Waals surface area (Å²) in [6, 6.07) is 4.54. The summed E-state index contributed by atoms with van der Waals surface area (Å²) in [6.45, 7) is 3.40. The maximum absolute atomic E-state index is 12.8. The molecular formula is C20H27NO6. The van der Waals surface area contributed by atoms with Gasteiger partial charge in [-0.1, -0.05) is 13.3 Å². The number of ether oxygens (including phenoxy) is 3. The van der Waals surface area contributed by atoms with Crippen LogP contribution in [-0.2, 0) is 14.3 Å². The molecule has 1 aliphatic rings. The summed E-state index contributed by atoms with van der Waals surface area (Å²) in [7, 11) is 2.77. The second kappa shape index (κ2) is 8.88. The van der Waals surface area contributed by atoms with Gasteiger partial charge in [-0.3, -0.25) is 9.59 Å². The van der Waals surface area contributed by atoms with E-state index in [4.69, 9.17) is 14.2 Å². The van der Waals surface area contributed by atoms with Gasteiger partial charge >= 0.3 is 11.9 Å². The van der Waals surface area contributed by atoms with Gasteiger partial charge < -0.3 is 19.5 Å². The Labute approximate surface area is 159 Å². The average molecular weight is 377 g/mol. The van der Waals surface area contributed by atoms with Crippen molar-refractivity contribution in [2.24, 2.45) is 5.92 Å². The standard InChI is InChI=1S/C20H27NO6/c1-5-14-8-10-20(11-9-14,19(24)26-4)21-18(23)15-6-7-16(25-3)17(12-15)27-13(2)22/h6-7,12,14H,5,8-11H2,1-4H3,(H,21,23)/t14-,20+. The Kier molecular flexibility index (Phi) is 6.82. The van der Waals surface area contributed by atoms with E-state index in [0.717, 1.165) is 19.3 Å². The van der Waals surface area contributed by atoms with E-state index in [1.54, 1.807) is 12.1 Å². The van der Waals surface area contributed by atoms with E-state index in [9.17, 15) is 14.4 Å².